The van der Waals surface area contributed by atoms with Crippen molar-refractivity contribution in [2.75, 3.05) is 20.8 Å². The maximum atomic E-state index is 12.5. The maximum Gasteiger partial charge on any atom is 0.352 e. The number of sulfonamides is 1. The highest BCUT2D eigenvalue weighted by Gasteiger charge is 2.28. The lowest BCUT2D eigenvalue weighted by molar-refractivity contribution is 0.0683. The van der Waals surface area contributed by atoms with Gasteiger partial charge in [-0.05, 0) is 26.8 Å². The Labute approximate surface area is 125 Å². The molecular formula is C13H22N2O5S. The first kappa shape index (κ1) is 17.7. The summed E-state index contributed by atoms with van der Waals surface area (Å²) in [6.07, 6.45) is 1.36. The van der Waals surface area contributed by atoms with Gasteiger partial charge in [-0.3, -0.25) is 0 Å². The van der Waals surface area contributed by atoms with Crippen LogP contribution in [0.4, 0.5) is 0 Å². The van der Waals surface area contributed by atoms with E-state index in [0.29, 0.717) is 0 Å². The van der Waals surface area contributed by atoms with Crippen LogP contribution in [-0.4, -0.2) is 55.2 Å². The van der Waals surface area contributed by atoms with E-state index >= 15 is 0 Å². The molecule has 1 aromatic rings. The summed E-state index contributed by atoms with van der Waals surface area (Å²) < 4.78 is 32.6. The fourth-order valence-corrected chi connectivity index (χ4v) is 3.32. The molecule has 1 N–H and O–H groups in total. The van der Waals surface area contributed by atoms with Crippen LogP contribution in [0.5, 0.6) is 0 Å². The van der Waals surface area contributed by atoms with Crippen LogP contribution in [0, 0.1) is 0 Å². The van der Waals surface area contributed by atoms with Gasteiger partial charge >= 0.3 is 5.97 Å². The minimum atomic E-state index is -3.76. The number of nitrogens with zero attached hydrogens (tertiary/aromatic N) is 2. The number of carbonyl (C=O) groups is 1. The Kier molecular flexibility index (Phi) is 5.54. The first-order valence-corrected chi connectivity index (χ1v) is 7.99. The summed E-state index contributed by atoms with van der Waals surface area (Å²) in [5, 5.41) is 9.18. The van der Waals surface area contributed by atoms with Gasteiger partial charge in [0.2, 0.25) is 10.0 Å². The highest BCUT2D eigenvalue weighted by Crippen LogP contribution is 2.22. The Hall–Kier alpha value is -1.38. The number of hydrogen-bond acceptors (Lipinski definition) is 4. The number of carboxylic acid groups (broad SMARTS) is 1. The molecule has 0 bridgehead atoms. The Morgan fingerprint density at radius 2 is 2.00 bits per heavy atom. The van der Waals surface area contributed by atoms with E-state index in [9.17, 15) is 18.3 Å². The summed E-state index contributed by atoms with van der Waals surface area (Å²) >= 11 is 0. The Bertz CT molecular complexity index is 606. The Morgan fingerprint density at radius 3 is 2.38 bits per heavy atom. The van der Waals surface area contributed by atoms with Crippen LogP contribution in [-0.2, 0) is 14.8 Å². The standard InChI is InChI=1S/C13H22N2O5S/c1-9(2)15-7-11(6-12(15)13(16)17)21(18,19)14(4)10(3)8-20-5/h6-7,9-10H,8H2,1-5H3,(H,16,17). The van der Waals surface area contributed by atoms with E-state index < -0.39 is 16.0 Å². The molecule has 8 heteroatoms. The summed E-state index contributed by atoms with van der Waals surface area (Å²) in [6.45, 7) is 5.56. The number of aromatic carboxylic acids is 1. The molecule has 0 fully saturated rings. The Morgan fingerprint density at radius 1 is 1.43 bits per heavy atom. The number of carboxylic acids is 1. The smallest absolute Gasteiger partial charge is 0.352 e. The van der Waals surface area contributed by atoms with Gasteiger partial charge in [0, 0.05) is 32.4 Å². The zero-order chi connectivity index (χ0) is 16.4. The van der Waals surface area contributed by atoms with Gasteiger partial charge in [0.15, 0.2) is 0 Å². The molecule has 0 radical (unpaired) electrons. The highest BCUT2D eigenvalue weighted by atomic mass is 32.2. The molecule has 1 heterocycles. The second kappa shape index (κ2) is 6.59. The molecule has 0 aliphatic rings. The molecule has 21 heavy (non-hydrogen) atoms. The molecule has 0 saturated carbocycles. The number of ether oxygens (including phenoxy) is 1. The third-order valence-corrected chi connectivity index (χ3v) is 5.24. The quantitative estimate of drug-likeness (QED) is 0.821. The topological polar surface area (TPSA) is 88.8 Å². The van der Waals surface area contributed by atoms with Crippen LogP contribution < -0.4 is 0 Å². The van der Waals surface area contributed by atoms with Crippen molar-refractivity contribution >= 4 is 16.0 Å². The van der Waals surface area contributed by atoms with Gasteiger partial charge in [-0.1, -0.05) is 0 Å². The van der Waals surface area contributed by atoms with Gasteiger partial charge in [0.25, 0.3) is 0 Å². The van der Waals surface area contributed by atoms with Crippen LogP contribution in [0.25, 0.3) is 0 Å². The van der Waals surface area contributed by atoms with E-state index in [4.69, 9.17) is 4.74 Å². The lowest BCUT2D eigenvalue weighted by Crippen LogP contribution is -2.37. The average Bonchev–Trinajstić information content (AvgIpc) is 2.84. The molecule has 1 atom stereocenters. The molecule has 1 aromatic heterocycles. The second-order valence-electron chi connectivity index (χ2n) is 5.19. The number of rotatable bonds is 7. The van der Waals surface area contributed by atoms with Crippen LogP contribution in [0.15, 0.2) is 17.2 Å². The van der Waals surface area contributed by atoms with E-state index in [2.05, 4.69) is 0 Å². The third-order valence-electron chi connectivity index (χ3n) is 3.30. The fraction of sp³-hybridized carbons (Fsp3) is 0.615. The minimum Gasteiger partial charge on any atom is -0.477 e. The summed E-state index contributed by atoms with van der Waals surface area (Å²) in [7, 11) is -0.815. The van der Waals surface area contributed by atoms with E-state index in [0.717, 1.165) is 0 Å². The molecule has 0 amide bonds. The van der Waals surface area contributed by atoms with E-state index in [1.165, 1.54) is 35.3 Å². The van der Waals surface area contributed by atoms with Crippen LogP contribution in [0.1, 0.15) is 37.3 Å². The zero-order valence-electron chi connectivity index (χ0n) is 12.9. The summed E-state index contributed by atoms with van der Waals surface area (Å²) in [4.78, 5) is 11.2. The lowest BCUT2D eigenvalue weighted by atomic mass is 10.3. The second-order valence-corrected chi connectivity index (χ2v) is 7.19. The first-order valence-electron chi connectivity index (χ1n) is 6.55. The predicted octanol–water partition coefficient (Wildman–Crippen LogP) is 1.42. The van der Waals surface area contributed by atoms with Gasteiger partial charge in [-0.2, -0.15) is 4.31 Å². The van der Waals surface area contributed by atoms with E-state index in [1.54, 1.807) is 20.8 Å². The van der Waals surface area contributed by atoms with Crippen molar-refractivity contribution in [1.82, 2.24) is 8.87 Å². The molecule has 1 unspecified atom stereocenters. The third kappa shape index (κ3) is 3.63. The lowest BCUT2D eigenvalue weighted by Gasteiger charge is -2.23. The molecular weight excluding hydrogens is 296 g/mol. The van der Waals surface area contributed by atoms with Crippen LogP contribution >= 0.6 is 0 Å². The maximum absolute atomic E-state index is 12.5. The molecule has 0 aromatic carbocycles. The van der Waals surface area contributed by atoms with Crippen molar-refractivity contribution in [2.24, 2.45) is 0 Å². The molecule has 0 spiro atoms. The van der Waals surface area contributed by atoms with E-state index in [-0.39, 0.29) is 29.3 Å². The number of likely N-dealkylation sites (N-methyl/N-ethyl adjacent to an activating group) is 1. The van der Waals surface area contributed by atoms with Gasteiger partial charge in [-0.15, -0.1) is 0 Å². The van der Waals surface area contributed by atoms with Gasteiger partial charge < -0.3 is 14.4 Å². The van der Waals surface area contributed by atoms with Crippen LogP contribution in [0.3, 0.4) is 0 Å². The summed E-state index contributed by atoms with van der Waals surface area (Å²) in [5.74, 6) is -1.15. The summed E-state index contributed by atoms with van der Waals surface area (Å²) in [6, 6.07) is 0.686. The van der Waals surface area contributed by atoms with Crippen molar-refractivity contribution < 1.29 is 23.1 Å². The number of aromatic nitrogens is 1. The normalized spacial score (nSPS) is 13.9. The van der Waals surface area contributed by atoms with Crippen molar-refractivity contribution in [3.63, 3.8) is 0 Å². The largest absolute Gasteiger partial charge is 0.477 e. The number of methoxy groups -OCH3 is 1. The average molecular weight is 318 g/mol. The van der Waals surface area contributed by atoms with Crippen molar-refractivity contribution in [1.29, 1.82) is 0 Å². The highest BCUT2D eigenvalue weighted by molar-refractivity contribution is 7.89. The number of hydrogen-bond donors (Lipinski definition) is 1. The molecule has 0 aliphatic carbocycles. The fourth-order valence-electron chi connectivity index (χ4n) is 1.94. The van der Waals surface area contributed by atoms with Gasteiger partial charge in [-0.25, -0.2) is 13.2 Å². The molecule has 0 aliphatic heterocycles. The zero-order valence-corrected chi connectivity index (χ0v) is 13.7. The van der Waals surface area contributed by atoms with Crippen molar-refractivity contribution in [3.05, 3.63) is 18.0 Å². The molecule has 0 saturated heterocycles. The predicted molar refractivity (Wildman–Crippen MR) is 78.1 cm³/mol. The van der Waals surface area contributed by atoms with Crippen LogP contribution in [0.2, 0.25) is 0 Å². The Balaban J connectivity index is 3.26. The van der Waals surface area contributed by atoms with Crippen molar-refractivity contribution in [2.45, 2.75) is 37.8 Å². The van der Waals surface area contributed by atoms with Gasteiger partial charge in [0.05, 0.1) is 6.61 Å². The minimum absolute atomic E-state index is 0.0287. The summed E-state index contributed by atoms with van der Waals surface area (Å²) in [5.41, 5.74) is -0.0450. The van der Waals surface area contributed by atoms with Crippen molar-refractivity contribution in [3.8, 4) is 0 Å². The SMILES string of the molecule is COCC(C)N(C)S(=O)(=O)c1cc(C(=O)O)n(C(C)C)c1. The van der Waals surface area contributed by atoms with E-state index in [1.807, 2.05) is 0 Å². The van der Waals surface area contributed by atoms with Gasteiger partial charge in [0.1, 0.15) is 10.6 Å². The molecule has 7 nitrogen and oxygen atoms in total. The molecule has 120 valence electrons. The monoisotopic (exact) mass is 318 g/mol. The first-order chi connectivity index (χ1) is 9.62. The molecule has 1 rings (SSSR count).